The fourth-order valence-electron chi connectivity index (χ4n) is 1.27. The van der Waals surface area contributed by atoms with Crippen LogP contribution in [0.3, 0.4) is 0 Å². The van der Waals surface area contributed by atoms with Crippen molar-refractivity contribution in [1.29, 1.82) is 5.26 Å². The fraction of sp³-hybridized carbons (Fsp3) is 0.400. The van der Waals surface area contributed by atoms with Crippen molar-refractivity contribution in [2.45, 2.75) is 0 Å². The van der Waals surface area contributed by atoms with Crippen LogP contribution in [0.2, 0.25) is 0 Å². The summed E-state index contributed by atoms with van der Waals surface area (Å²) >= 11 is 0. The molecule has 1 heterocycles. The number of nitrogens with zero attached hydrogens (tertiary/aromatic N) is 5. The van der Waals surface area contributed by atoms with Gasteiger partial charge < -0.3 is 16.4 Å². The summed E-state index contributed by atoms with van der Waals surface area (Å²) < 4.78 is 1.25. The Morgan fingerprint density at radius 2 is 2.22 bits per heavy atom. The lowest BCUT2D eigenvalue weighted by atomic mass is 10.5. The second-order valence-corrected chi connectivity index (χ2v) is 3.66. The van der Waals surface area contributed by atoms with Crippen LogP contribution in [0.4, 0.5) is 11.6 Å². The molecule has 5 N–H and O–H groups in total. The van der Waals surface area contributed by atoms with Crippen LogP contribution >= 0.6 is 0 Å². The number of nitrogen functional groups attached to an aromatic ring is 1. The topological polar surface area (TPSA) is 120 Å². The predicted molar refractivity (Wildman–Crippen MR) is 68.7 cm³/mol. The molecule has 0 amide bonds. The molecule has 0 aliphatic carbocycles. The Hall–Kier alpha value is -2.56. The third-order valence-corrected chi connectivity index (χ3v) is 2.33. The van der Waals surface area contributed by atoms with Crippen molar-refractivity contribution in [2.24, 2.45) is 5.73 Å². The van der Waals surface area contributed by atoms with Crippen molar-refractivity contribution in [3.8, 4) is 6.19 Å². The minimum atomic E-state index is 0.304. The second-order valence-electron chi connectivity index (χ2n) is 3.66. The largest absolute Gasteiger partial charge is 0.381 e. The highest BCUT2D eigenvalue weighted by Gasteiger charge is 2.08. The van der Waals surface area contributed by atoms with Crippen LogP contribution < -0.4 is 21.7 Å². The highest BCUT2D eigenvalue weighted by Crippen LogP contribution is 2.13. The van der Waals surface area contributed by atoms with Crippen LogP contribution in [0, 0.1) is 11.5 Å². The van der Waals surface area contributed by atoms with E-state index in [1.54, 1.807) is 19.4 Å². The van der Waals surface area contributed by atoms with Crippen molar-refractivity contribution in [3.63, 3.8) is 0 Å². The lowest BCUT2D eigenvalue weighted by molar-refractivity contribution is -0.406. The maximum atomic E-state index is 8.62. The first-order valence-corrected chi connectivity index (χ1v) is 5.33. The van der Waals surface area contributed by atoms with E-state index in [-0.39, 0.29) is 0 Å². The van der Waals surface area contributed by atoms with Crippen LogP contribution in [0.15, 0.2) is 12.4 Å². The third kappa shape index (κ3) is 3.48. The summed E-state index contributed by atoms with van der Waals surface area (Å²) in [6.07, 6.45) is 5.02. The third-order valence-electron chi connectivity index (χ3n) is 2.33. The standard InChI is InChI=1S/C10H16N8/c1-17(9-8(12)14-3-4-15-9)6-5-16-10(13)18(2)7-11/h3-4H,5-6H2,1-2H3,(H4,12,13,14,16)/p+1. The number of nitrogens with one attached hydrogen (secondary N) is 1. The average molecular weight is 249 g/mol. The molecular weight excluding hydrogens is 232 g/mol. The quantitative estimate of drug-likeness (QED) is 0.196. The van der Waals surface area contributed by atoms with E-state index in [4.69, 9.17) is 16.7 Å². The molecular formula is C10H17N8+. The van der Waals surface area contributed by atoms with Gasteiger partial charge in [0.25, 0.3) is 0 Å². The van der Waals surface area contributed by atoms with Gasteiger partial charge in [-0.25, -0.2) is 9.97 Å². The molecule has 0 bridgehead atoms. The van der Waals surface area contributed by atoms with Crippen LogP contribution in [0.5, 0.6) is 0 Å². The number of nitrogens with two attached hydrogens (primary N) is 2. The molecule has 8 heteroatoms. The Balaban J connectivity index is 2.51. The van der Waals surface area contributed by atoms with Gasteiger partial charge in [-0.2, -0.15) is 4.58 Å². The molecule has 1 aromatic rings. The molecule has 0 fully saturated rings. The van der Waals surface area contributed by atoms with Gasteiger partial charge in [0.2, 0.25) is 0 Å². The summed E-state index contributed by atoms with van der Waals surface area (Å²) in [6.45, 7) is 1.19. The Morgan fingerprint density at radius 1 is 1.56 bits per heavy atom. The molecule has 0 radical (unpaired) electrons. The maximum absolute atomic E-state index is 8.62. The van der Waals surface area contributed by atoms with Crippen molar-refractivity contribution < 1.29 is 4.58 Å². The smallest absolute Gasteiger partial charge is 0.326 e. The van der Waals surface area contributed by atoms with E-state index >= 15 is 0 Å². The molecule has 18 heavy (non-hydrogen) atoms. The molecule has 8 nitrogen and oxygen atoms in total. The monoisotopic (exact) mass is 249 g/mol. The molecule has 0 spiro atoms. The number of rotatable bonds is 4. The first-order chi connectivity index (χ1) is 8.56. The number of hydrogen-bond acceptors (Lipinski definition) is 5. The zero-order chi connectivity index (χ0) is 13.5. The van der Waals surface area contributed by atoms with Gasteiger partial charge in [0.1, 0.15) is 0 Å². The Kier molecular flexibility index (Phi) is 4.68. The minimum absolute atomic E-state index is 0.304. The Labute approximate surface area is 106 Å². The number of nitriles is 1. The van der Waals surface area contributed by atoms with Gasteiger partial charge in [0.05, 0.1) is 13.6 Å². The van der Waals surface area contributed by atoms with Crippen molar-refractivity contribution >= 4 is 17.6 Å². The summed E-state index contributed by atoms with van der Waals surface area (Å²) in [5.41, 5.74) is 11.3. The molecule has 0 atom stereocenters. The van der Waals surface area contributed by atoms with E-state index in [1.807, 2.05) is 18.1 Å². The average Bonchev–Trinajstić information content (AvgIpc) is 2.37. The van der Waals surface area contributed by atoms with Gasteiger partial charge in [0, 0.05) is 26.0 Å². The van der Waals surface area contributed by atoms with Crippen molar-refractivity contribution in [3.05, 3.63) is 12.4 Å². The van der Waals surface area contributed by atoms with Gasteiger partial charge in [0.15, 0.2) is 11.6 Å². The summed E-state index contributed by atoms with van der Waals surface area (Å²) in [7, 11) is 3.43. The predicted octanol–water partition coefficient (Wildman–Crippen LogP) is -1.48. The van der Waals surface area contributed by atoms with Gasteiger partial charge in [-0.3, -0.25) is 5.32 Å². The SMILES string of the molecule is CN(CCNC(N)=[N+](C)C#N)c1nccnc1N. The lowest BCUT2D eigenvalue weighted by Crippen LogP contribution is -2.41. The molecule has 0 aliphatic rings. The summed E-state index contributed by atoms with van der Waals surface area (Å²) in [5, 5.41) is 11.5. The molecule has 1 aromatic heterocycles. The molecule has 0 saturated heterocycles. The zero-order valence-corrected chi connectivity index (χ0v) is 10.5. The zero-order valence-electron chi connectivity index (χ0n) is 10.5. The highest BCUT2D eigenvalue weighted by atomic mass is 15.2. The van der Waals surface area contributed by atoms with Crippen molar-refractivity contribution in [2.75, 3.05) is 37.8 Å². The Morgan fingerprint density at radius 3 is 2.83 bits per heavy atom. The minimum Gasteiger partial charge on any atom is -0.381 e. The number of aromatic nitrogens is 2. The van der Waals surface area contributed by atoms with E-state index < -0.39 is 0 Å². The number of anilines is 2. The first-order valence-electron chi connectivity index (χ1n) is 5.33. The highest BCUT2D eigenvalue weighted by molar-refractivity contribution is 5.72. The summed E-state index contributed by atoms with van der Waals surface area (Å²) in [5.74, 6) is 1.30. The molecule has 96 valence electrons. The van der Waals surface area contributed by atoms with E-state index in [1.165, 1.54) is 4.58 Å². The van der Waals surface area contributed by atoms with Crippen LogP contribution in [0.1, 0.15) is 0 Å². The van der Waals surface area contributed by atoms with Crippen LogP contribution in [-0.4, -0.2) is 47.7 Å². The van der Waals surface area contributed by atoms with E-state index in [2.05, 4.69) is 15.3 Å². The van der Waals surface area contributed by atoms with Gasteiger partial charge in [-0.15, -0.1) is 0 Å². The summed E-state index contributed by atoms with van der Waals surface area (Å²) in [6, 6.07) is 0. The van der Waals surface area contributed by atoms with E-state index in [0.29, 0.717) is 30.7 Å². The lowest BCUT2D eigenvalue weighted by Gasteiger charge is -2.18. The molecule has 0 saturated carbocycles. The Bertz CT molecular complexity index is 475. The maximum Gasteiger partial charge on any atom is 0.326 e. The van der Waals surface area contributed by atoms with Crippen LogP contribution in [-0.2, 0) is 0 Å². The fourth-order valence-corrected chi connectivity index (χ4v) is 1.27. The first kappa shape index (κ1) is 13.5. The van der Waals surface area contributed by atoms with Gasteiger partial charge >= 0.3 is 12.2 Å². The van der Waals surface area contributed by atoms with Gasteiger partial charge in [-0.05, 0) is 5.26 Å². The molecule has 0 aromatic carbocycles. The molecule has 0 unspecified atom stereocenters. The number of likely N-dealkylation sites (N-methyl/N-ethyl adjacent to an activating group) is 1. The molecule has 1 rings (SSSR count). The molecule has 0 aliphatic heterocycles. The second kappa shape index (κ2) is 6.24. The summed E-state index contributed by atoms with van der Waals surface area (Å²) in [4.78, 5) is 9.95. The van der Waals surface area contributed by atoms with E-state index in [0.717, 1.165) is 0 Å². The van der Waals surface area contributed by atoms with Gasteiger partial charge in [-0.1, -0.05) is 0 Å². The van der Waals surface area contributed by atoms with Crippen LogP contribution in [0.25, 0.3) is 0 Å². The van der Waals surface area contributed by atoms with E-state index in [9.17, 15) is 0 Å². The number of hydrogen-bond donors (Lipinski definition) is 3. The van der Waals surface area contributed by atoms with Crippen molar-refractivity contribution in [1.82, 2.24) is 15.3 Å². The number of guanidine groups is 1. The normalized spacial score (nSPS) is 11.4.